The average Bonchev–Trinajstić information content (AvgIpc) is 2.59. The van der Waals surface area contributed by atoms with Gasteiger partial charge in [0, 0.05) is 0 Å². The maximum absolute atomic E-state index is 6.23. The van der Waals surface area contributed by atoms with Gasteiger partial charge in [0.15, 0.2) is 0 Å². The minimum absolute atomic E-state index is 1.28. The van der Waals surface area contributed by atoms with Gasteiger partial charge in [-0.1, -0.05) is 0 Å². The average molecular weight is 286 g/mol. The van der Waals surface area contributed by atoms with Crippen LogP contribution in [0.3, 0.4) is 0 Å². The monoisotopic (exact) mass is 286 g/mol. The molecule has 0 aliphatic heterocycles. The van der Waals surface area contributed by atoms with Crippen molar-refractivity contribution in [3.8, 4) is 0 Å². The molecule has 0 saturated heterocycles. The van der Waals surface area contributed by atoms with E-state index in [2.05, 4.69) is 72.8 Å². The molecule has 3 aromatic carbocycles. The zero-order chi connectivity index (χ0) is 14.5. The van der Waals surface area contributed by atoms with E-state index in [0.717, 1.165) is 0 Å². The SMILES string of the molecule is [B]=C[P+](c1ccccc1)(c1ccccc1)c1ccccc1. The van der Waals surface area contributed by atoms with Crippen LogP contribution >= 0.6 is 7.26 Å². The fraction of sp³-hybridized carbons (Fsp3) is 0. The predicted octanol–water partition coefficient (Wildman–Crippen LogP) is 2.91. The second-order valence-corrected chi connectivity index (χ2v) is 8.17. The first kappa shape index (κ1) is 14.0. The zero-order valence-electron chi connectivity index (χ0n) is 11.8. The van der Waals surface area contributed by atoms with Crippen LogP contribution in [0.25, 0.3) is 0 Å². The van der Waals surface area contributed by atoms with Crippen LogP contribution in [0.2, 0.25) is 0 Å². The van der Waals surface area contributed by atoms with Crippen molar-refractivity contribution in [1.29, 1.82) is 0 Å². The van der Waals surface area contributed by atoms with Crippen molar-refractivity contribution in [3.63, 3.8) is 0 Å². The summed E-state index contributed by atoms with van der Waals surface area (Å²) >= 11 is 0. The molecule has 0 nitrogen and oxygen atoms in total. The summed E-state index contributed by atoms with van der Waals surface area (Å²) < 4.78 is 0. The van der Waals surface area contributed by atoms with Crippen molar-refractivity contribution in [3.05, 3.63) is 91.0 Å². The van der Waals surface area contributed by atoms with Crippen LogP contribution in [0.15, 0.2) is 91.0 Å². The first-order valence-corrected chi connectivity index (χ1v) is 8.85. The van der Waals surface area contributed by atoms with Gasteiger partial charge in [-0.3, -0.25) is 0 Å². The van der Waals surface area contributed by atoms with Gasteiger partial charge in [-0.2, -0.15) is 0 Å². The van der Waals surface area contributed by atoms with Gasteiger partial charge >= 0.3 is 127 Å². The van der Waals surface area contributed by atoms with Crippen molar-refractivity contribution in [1.82, 2.24) is 0 Å². The summed E-state index contributed by atoms with van der Waals surface area (Å²) in [6.07, 6.45) is 0. The molecule has 0 aromatic heterocycles. The number of rotatable bonds is 4. The summed E-state index contributed by atoms with van der Waals surface area (Å²) in [4.78, 5) is 0. The second-order valence-electron chi connectivity index (χ2n) is 4.88. The van der Waals surface area contributed by atoms with E-state index < -0.39 is 7.26 Å². The molecule has 0 N–H and O–H groups in total. The molecule has 99 valence electrons. The van der Waals surface area contributed by atoms with E-state index in [1.807, 2.05) is 23.9 Å². The van der Waals surface area contributed by atoms with E-state index in [-0.39, 0.29) is 0 Å². The van der Waals surface area contributed by atoms with Crippen molar-refractivity contribution in [2.24, 2.45) is 0 Å². The Hall–Kier alpha value is -1.98. The van der Waals surface area contributed by atoms with Crippen molar-refractivity contribution in [2.45, 2.75) is 0 Å². The van der Waals surface area contributed by atoms with Crippen LogP contribution < -0.4 is 15.9 Å². The summed E-state index contributed by atoms with van der Waals surface area (Å²) in [5, 5.41) is 3.85. The molecule has 0 bridgehead atoms. The van der Waals surface area contributed by atoms with E-state index >= 15 is 0 Å². The van der Waals surface area contributed by atoms with Gasteiger partial charge in [0.2, 0.25) is 0 Å². The molecular weight excluding hydrogens is 270 g/mol. The van der Waals surface area contributed by atoms with E-state index in [4.69, 9.17) is 7.49 Å². The molecule has 0 aliphatic rings. The molecule has 21 heavy (non-hydrogen) atoms. The summed E-state index contributed by atoms with van der Waals surface area (Å²) in [5.74, 6) is 0. The Balaban J connectivity index is 2.31. The molecular formula is C19H16BP+. The van der Waals surface area contributed by atoms with Crippen LogP contribution in [0.4, 0.5) is 0 Å². The van der Waals surface area contributed by atoms with Crippen LogP contribution in [0, 0.1) is 0 Å². The quantitative estimate of drug-likeness (QED) is 0.511. The van der Waals surface area contributed by atoms with Gasteiger partial charge in [-0.05, 0) is 0 Å². The summed E-state index contributed by atoms with van der Waals surface area (Å²) in [5.41, 5.74) is 1.91. The molecule has 0 saturated carbocycles. The maximum atomic E-state index is 6.23. The van der Waals surface area contributed by atoms with Gasteiger partial charge < -0.3 is 0 Å². The van der Waals surface area contributed by atoms with Crippen molar-refractivity contribution in [2.75, 3.05) is 0 Å². The number of hydrogen-bond donors (Lipinski definition) is 0. The Bertz CT molecular complexity index is 612. The van der Waals surface area contributed by atoms with E-state index in [0.29, 0.717) is 0 Å². The molecule has 0 fully saturated rings. The molecule has 0 atom stereocenters. The molecule has 2 heteroatoms. The predicted molar refractivity (Wildman–Crippen MR) is 97.0 cm³/mol. The third-order valence-corrected chi connectivity index (χ3v) is 7.50. The molecule has 1 radical (unpaired) electrons. The Kier molecular flexibility index (Phi) is 4.13. The van der Waals surface area contributed by atoms with Gasteiger partial charge in [-0.25, -0.2) is 0 Å². The third-order valence-electron chi connectivity index (χ3n) is 3.71. The Morgan fingerprint density at radius 3 is 1.05 bits per heavy atom. The number of hydrogen-bond acceptors (Lipinski definition) is 0. The summed E-state index contributed by atoms with van der Waals surface area (Å²) in [7, 11) is 4.35. The first-order valence-electron chi connectivity index (χ1n) is 6.99. The topological polar surface area (TPSA) is 0 Å². The standard InChI is InChI=1S/C19H16BP/c20-16-21(17-10-4-1-5-11-17,18-12-6-2-7-13-18)19-14-8-3-9-15-19/h1-16H/q+1. The molecule has 0 heterocycles. The molecule has 0 spiro atoms. The zero-order valence-corrected chi connectivity index (χ0v) is 12.7. The van der Waals surface area contributed by atoms with Crippen molar-refractivity contribution >= 4 is 36.4 Å². The van der Waals surface area contributed by atoms with Gasteiger partial charge in [0.25, 0.3) is 0 Å². The third kappa shape index (κ3) is 2.50. The Morgan fingerprint density at radius 1 is 0.524 bits per heavy atom. The van der Waals surface area contributed by atoms with Crippen LogP contribution in [-0.2, 0) is 0 Å². The van der Waals surface area contributed by atoms with Gasteiger partial charge in [0.1, 0.15) is 0 Å². The van der Waals surface area contributed by atoms with Gasteiger partial charge in [-0.15, -0.1) is 0 Å². The van der Waals surface area contributed by atoms with Crippen molar-refractivity contribution < 1.29 is 0 Å². The summed E-state index contributed by atoms with van der Waals surface area (Å²) in [6, 6.07) is 31.7. The Labute approximate surface area is 127 Å². The normalized spacial score (nSPS) is 11.0. The second kappa shape index (κ2) is 6.20. The van der Waals surface area contributed by atoms with Crippen LogP contribution in [-0.4, -0.2) is 13.2 Å². The van der Waals surface area contributed by atoms with E-state index in [1.165, 1.54) is 15.9 Å². The fourth-order valence-electron chi connectivity index (χ4n) is 2.69. The number of benzene rings is 3. The van der Waals surface area contributed by atoms with Crippen LogP contribution in [0.5, 0.6) is 0 Å². The van der Waals surface area contributed by atoms with Crippen LogP contribution in [0.1, 0.15) is 0 Å². The Morgan fingerprint density at radius 2 is 0.810 bits per heavy atom. The van der Waals surface area contributed by atoms with E-state index in [1.54, 1.807) is 0 Å². The molecule has 0 amide bonds. The fourth-order valence-corrected chi connectivity index (χ4v) is 6.03. The molecule has 3 aromatic rings. The summed E-state index contributed by atoms with van der Waals surface area (Å²) in [6.45, 7) is 0. The molecule has 0 unspecified atom stereocenters. The van der Waals surface area contributed by atoms with E-state index in [9.17, 15) is 0 Å². The molecule has 3 rings (SSSR count). The van der Waals surface area contributed by atoms with Gasteiger partial charge in [0.05, 0.1) is 0 Å². The first-order chi connectivity index (χ1) is 10.4. The molecule has 0 aliphatic carbocycles. The minimum atomic E-state index is -1.88.